The van der Waals surface area contributed by atoms with Gasteiger partial charge in [-0.3, -0.25) is 0 Å². The number of allylic oxidation sites excluding steroid dienone is 2. The number of hydrogen-bond donors (Lipinski definition) is 0. The molecular formula is C12H17NS. The van der Waals surface area contributed by atoms with Crippen molar-refractivity contribution in [2.75, 3.05) is 11.4 Å². The SMILES string of the molecule is C=C(/C=C\C)N(CC)c1ccc(C)s1. The van der Waals surface area contributed by atoms with Gasteiger partial charge in [0.1, 0.15) is 0 Å². The maximum Gasteiger partial charge on any atom is 0.0955 e. The molecule has 0 aliphatic carbocycles. The Labute approximate surface area is 90.4 Å². The van der Waals surface area contributed by atoms with Gasteiger partial charge in [0.2, 0.25) is 0 Å². The fourth-order valence-electron chi connectivity index (χ4n) is 1.35. The van der Waals surface area contributed by atoms with E-state index in [2.05, 4.69) is 37.5 Å². The second-order valence-electron chi connectivity index (χ2n) is 3.12. The number of likely N-dealkylation sites (N-methyl/N-ethyl adjacent to an activating group) is 1. The Morgan fingerprint density at radius 3 is 2.71 bits per heavy atom. The minimum atomic E-state index is 0.961. The lowest BCUT2D eigenvalue weighted by Gasteiger charge is -2.21. The van der Waals surface area contributed by atoms with Crippen LogP contribution in [0.5, 0.6) is 0 Å². The van der Waals surface area contributed by atoms with Gasteiger partial charge in [-0.2, -0.15) is 0 Å². The van der Waals surface area contributed by atoms with Gasteiger partial charge in [-0.1, -0.05) is 12.7 Å². The first-order valence-corrected chi connectivity index (χ1v) is 5.66. The van der Waals surface area contributed by atoms with Crippen LogP contribution in [0.4, 0.5) is 5.00 Å². The lowest BCUT2D eigenvalue weighted by atomic mass is 10.3. The van der Waals surface area contributed by atoms with E-state index in [0.29, 0.717) is 0 Å². The van der Waals surface area contributed by atoms with Crippen LogP contribution in [-0.2, 0) is 0 Å². The monoisotopic (exact) mass is 207 g/mol. The Balaban J connectivity index is 2.87. The van der Waals surface area contributed by atoms with Crippen LogP contribution in [0.25, 0.3) is 0 Å². The second kappa shape index (κ2) is 5.01. The molecule has 1 rings (SSSR count). The fourth-order valence-corrected chi connectivity index (χ4v) is 2.31. The minimum Gasteiger partial charge on any atom is -0.334 e. The van der Waals surface area contributed by atoms with E-state index in [-0.39, 0.29) is 0 Å². The van der Waals surface area contributed by atoms with Crippen LogP contribution >= 0.6 is 11.3 Å². The Morgan fingerprint density at radius 2 is 2.29 bits per heavy atom. The van der Waals surface area contributed by atoms with Crippen LogP contribution in [-0.4, -0.2) is 6.54 Å². The van der Waals surface area contributed by atoms with Crippen molar-refractivity contribution in [1.29, 1.82) is 0 Å². The summed E-state index contributed by atoms with van der Waals surface area (Å²) in [6, 6.07) is 4.30. The molecule has 0 amide bonds. The van der Waals surface area contributed by atoms with Gasteiger partial charge in [-0.25, -0.2) is 0 Å². The van der Waals surface area contributed by atoms with Crippen LogP contribution in [0.2, 0.25) is 0 Å². The zero-order valence-electron chi connectivity index (χ0n) is 9.08. The zero-order chi connectivity index (χ0) is 10.6. The molecule has 0 aliphatic heterocycles. The second-order valence-corrected chi connectivity index (χ2v) is 4.39. The predicted octanol–water partition coefficient (Wildman–Crippen LogP) is 3.97. The van der Waals surface area contributed by atoms with Crippen molar-refractivity contribution in [3.63, 3.8) is 0 Å². The Hall–Kier alpha value is -1.02. The number of nitrogens with zero attached hydrogens (tertiary/aromatic N) is 1. The van der Waals surface area contributed by atoms with E-state index in [4.69, 9.17) is 0 Å². The lowest BCUT2D eigenvalue weighted by molar-refractivity contribution is 0.995. The van der Waals surface area contributed by atoms with Gasteiger partial charge >= 0.3 is 0 Å². The number of anilines is 1. The highest BCUT2D eigenvalue weighted by Gasteiger charge is 2.07. The standard InChI is InChI=1S/C12H17NS/c1-5-7-10(3)13(6-2)12-9-8-11(4)14-12/h5,7-9H,3,6H2,1-2,4H3/b7-5-. The number of hydrogen-bond acceptors (Lipinski definition) is 2. The molecule has 0 radical (unpaired) electrons. The number of aryl methyl sites for hydroxylation is 1. The van der Waals surface area contributed by atoms with Crippen molar-refractivity contribution in [2.24, 2.45) is 0 Å². The zero-order valence-corrected chi connectivity index (χ0v) is 9.90. The molecule has 0 bridgehead atoms. The summed E-state index contributed by atoms with van der Waals surface area (Å²) >= 11 is 1.81. The third kappa shape index (κ3) is 2.48. The van der Waals surface area contributed by atoms with Gasteiger partial charge in [-0.05, 0) is 39.0 Å². The molecule has 0 aromatic carbocycles. The molecule has 0 saturated heterocycles. The van der Waals surface area contributed by atoms with Gasteiger partial charge in [-0.15, -0.1) is 11.3 Å². The number of thiophene rings is 1. The van der Waals surface area contributed by atoms with Crippen LogP contribution in [0.1, 0.15) is 18.7 Å². The quantitative estimate of drug-likeness (QED) is 0.675. The molecule has 0 unspecified atom stereocenters. The van der Waals surface area contributed by atoms with E-state index < -0.39 is 0 Å². The van der Waals surface area contributed by atoms with E-state index in [1.165, 1.54) is 9.88 Å². The predicted molar refractivity (Wildman–Crippen MR) is 66.0 cm³/mol. The lowest BCUT2D eigenvalue weighted by Crippen LogP contribution is -2.18. The van der Waals surface area contributed by atoms with E-state index >= 15 is 0 Å². The molecule has 1 aromatic rings. The summed E-state index contributed by atoms with van der Waals surface area (Å²) in [5.41, 5.74) is 1.05. The first-order valence-electron chi connectivity index (χ1n) is 4.84. The Kier molecular flexibility index (Phi) is 3.96. The van der Waals surface area contributed by atoms with E-state index in [1.807, 2.05) is 19.1 Å². The normalized spacial score (nSPS) is 10.8. The first kappa shape index (κ1) is 11.1. The highest BCUT2D eigenvalue weighted by molar-refractivity contribution is 7.16. The van der Waals surface area contributed by atoms with E-state index in [0.717, 1.165) is 12.2 Å². The third-order valence-corrected chi connectivity index (χ3v) is 3.04. The summed E-state index contributed by atoms with van der Waals surface area (Å²) < 4.78 is 0. The molecule has 76 valence electrons. The van der Waals surface area contributed by atoms with Gasteiger partial charge < -0.3 is 4.90 Å². The first-order chi connectivity index (χ1) is 6.69. The van der Waals surface area contributed by atoms with Gasteiger partial charge in [0.25, 0.3) is 0 Å². The smallest absolute Gasteiger partial charge is 0.0955 e. The maximum absolute atomic E-state index is 4.05. The molecule has 0 fully saturated rings. The Morgan fingerprint density at radius 1 is 1.57 bits per heavy atom. The average molecular weight is 207 g/mol. The number of rotatable bonds is 4. The summed E-state index contributed by atoms with van der Waals surface area (Å²) in [6.07, 6.45) is 4.06. The Bertz CT molecular complexity index is 336. The largest absolute Gasteiger partial charge is 0.334 e. The maximum atomic E-state index is 4.05. The van der Waals surface area contributed by atoms with Gasteiger partial charge in [0.15, 0.2) is 0 Å². The van der Waals surface area contributed by atoms with Crippen molar-refractivity contribution < 1.29 is 0 Å². The molecule has 2 heteroatoms. The van der Waals surface area contributed by atoms with Crippen LogP contribution in [0.3, 0.4) is 0 Å². The van der Waals surface area contributed by atoms with Crippen molar-refractivity contribution in [3.8, 4) is 0 Å². The van der Waals surface area contributed by atoms with Crippen molar-refractivity contribution in [3.05, 3.63) is 41.4 Å². The summed E-state index contributed by atoms with van der Waals surface area (Å²) in [4.78, 5) is 3.56. The summed E-state index contributed by atoms with van der Waals surface area (Å²) in [6.45, 7) is 11.3. The van der Waals surface area contributed by atoms with Crippen LogP contribution < -0.4 is 4.90 Å². The summed E-state index contributed by atoms with van der Waals surface area (Å²) in [7, 11) is 0. The van der Waals surface area contributed by atoms with Gasteiger partial charge in [0.05, 0.1) is 5.00 Å². The molecule has 0 spiro atoms. The highest BCUT2D eigenvalue weighted by Crippen LogP contribution is 2.27. The molecule has 1 aromatic heterocycles. The van der Waals surface area contributed by atoms with Crippen LogP contribution in [0.15, 0.2) is 36.6 Å². The average Bonchev–Trinajstić information content (AvgIpc) is 2.54. The molecule has 0 atom stereocenters. The van der Waals surface area contributed by atoms with Crippen LogP contribution in [0, 0.1) is 6.92 Å². The highest BCUT2D eigenvalue weighted by atomic mass is 32.1. The summed E-state index contributed by atoms with van der Waals surface area (Å²) in [5, 5.41) is 1.27. The molecule has 0 N–H and O–H groups in total. The minimum absolute atomic E-state index is 0.961. The molecular weight excluding hydrogens is 190 g/mol. The van der Waals surface area contributed by atoms with E-state index in [9.17, 15) is 0 Å². The molecule has 0 saturated carbocycles. The fraction of sp³-hybridized carbons (Fsp3) is 0.333. The van der Waals surface area contributed by atoms with Crippen molar-refractivity contribution in [1.82, 2.24) is 0 Å². The third-order valence-electron chi connectivity index (χ3n) is 2.01. The van der Waals surface area contributed by atoms with Crippen molar-refractivity contribution in [2.45, 2.75) is 20.8 Å². The molecule has 14 heavy (non-hydrogen) atoms. The topological polar surface area (TPSA) is 3.24 Å². The molecule has 0 aliphatic rings. The van der Waals surface area contributed by atoms with E-state index in [1.54, 1.807) is 11.3 Å². The van der Waals surface area contributed by atoms with Crippen molar-refractivity contribution >= 4 is 16.3 Å². The van der Waals surface area contributed by atoms with Gasteiger partial charge in [0, 0.05) is 17.1 Å². The molecule has 1 heterocycles. The summed E-state index contributed by atoms with van der Waals surface area (Å²) in [5.74, 6) is 0. The molecule has 1 nitrogen and oxygen atoms in total.